The van der Waals surface area contributed by atoms with Gasteiger partial charge in [0, 0.05) is 39.1 Å². The molecular weight excluding hydrogens is 362 g/mol. The van der Waals surface area contributed by atoms with Crippen molar-refractivity contribution in [3.8, 4) is 0 Å². The highest BCUT2D eigenvalue weighted by atomic mass is 16.2. The summed E-state index contributed by atoms with van der Waals surface area (Å²) in [7, 11) is 0. The Labute approximate surface area is 175 Å². The van der Waals surface area contributed by atoms with Gasteiger partial charge in [-0.1, -0.05) is 30.7 Å². The van der Waals surface area contributed by atoms with Crippen molar-refractivity contribution in [1.29, 1.82) is 0 Å². The summed E-state index contributed by atoms with van der Waals surface area (Å²) < 4.78 is 0. The number of hydrogen-bond donors (Lipinski definition) is 2. The average molecular weight is 400 g/mol. The third-order valence-electron chi connectivity index (χ3n) is 5.73. The van der Waals surface area contributed by atoms with E-state index in [0.717, 1.165) is 45.0 Å². The van der Waals surface area contributed by atoms with Crippen molar-refractivity contribution in [3.05, 3.63) is 35.4 Å². The first-order valence-electron chi connectivity index (χ1n) is 11.3. The zero-order valence-electron chi connectivity index (χ0n) is 18.0. The Balaban J connectivity index is 1.44. The van der Waals surface area contributed by atoms with Gasteiger partial charge in [-0.25, -0.2) is 4.99 Å². The molecule has 160 valence electrons. The number of carbonyl (C=O) groups is 1. The summed E-state index contributed by atoms with van der Waals surface area (Å²) >= 11 is 0. The number of aliphatic imine (C=N–C) groups is 1. The molecule has 0 aliphatic carbocycles. The molecule has 1 amide bonds. The van der Waals surface area contributed by atoms with Crippen LogP contribution in [0.15, 0.2) is 29.3 Å². The Morgan fingerprint density at radius 2 is 1.59 bits per heavy atom. The zero-order chi connectivity index (χ0) is 20.3. The van der Waals surface area contributed by atoms with Gasteiger partial charge in [-0.05, 0) is 56.8 Å². The topological polar surface area (TPSA) is 60.0 Å². The SMILES string of the molecule is CCNC(=NCc1ccc(CN2CCCCC2)cc1)NCCC(=O)N1CCCC1. The predicted octanol–water partition coefficient (Wildman–Crippen LogP) is 2.74. The number of piperidine rings is 1. The number of carbonyl (C=O) groups excluding carboxylic acids is 1. The van der Waals surface area contributed by atoms with Crippen LogP contribution in [0.25, 0.3) is 0 Å². The second kappa shape index (κ2) is 11.8. The van der Waals surface area contributed by atoms with Gasteiger partial charge in [-0.2, -0.15) is 0 Å². The first kappa shape index (κ1) is 21.6. The number of benzene rings is 1. The predicted molar refractivity (Wildman–Crippen MR) is 119 cm³/mol. The van der Waals surface area contributed by atoms with Crippen LogP contribution >= 0.6 is 0 Å². The van der Waals surface area contributed by atoms with E-state index < -0.39 is 0 Å². The van der Waals surface area contributed by atoms with Crippen molar-refractivity contribution in [2.45, 2.75) is 58.5 Å². The molecule has 3 rings (SSSR count). The van der Waals surface area contributed by atoms with Crippen molar-refractivity contribution in [2.24, 2.45) is 4.99 Å². The van der Waals surface area contributed by atoms with Gasteiger partial charge in [-0.15, -0.1) is 0 Å². The molecule has 1 aromatic rings. The van der Waals surface area contributed by atoms with E-state index in [1.165, 1.54) is 43.5 Å². The number of rotatable bonds is 8. The van der Waals surface area contributed by atoms with Crippen LogP contribution in [-0.2, 0) is 17.9 Å². The van der Waals surface area contributed by atoms with Crippen LogP contribution in [0.4, 0.5) is 0 Å². The minimum atomic E-state index is 0.246. The molecular formula is C23H37N5O. The summed E-state index contributed by atoms with van der Waals surface area (Å²) in [5.41, 5.74) is 2.59. The van der Waals surface area contributed by atoms with Gasteiger partial charge in [0.2, 0.25) is 5.91 Å². The summed E-state index contributed by atoms with van der Waals surface area (Å²) in [5, 5.41) is 6.56. The third-order valence-corrected chi connectivity index (χ3v) is 5.73. The van der Waals surface area contributed by atoms with Gasteiger partial charge in [0.15, 0.2) is 5.96 Å². The van der Waals surface area contributed by atoms with E-state index in [2.05, 4.69) is 51.7 Å². The molecule has 2 N–H and O–H groups in total. The molecule has 0 atom stereocenters. The Morgan fingerprint density at radius 3 is 2.28 bits per heavy atom. The Morgan fingerprint density at radius 1 is 0.931 bits per heavy atom. The van der Waals surface area contributed by atoms with E-state index in [1.54, 1.807) is 0 Å². The molecule has 2 heterocycles. The van der Waals surface area contributed by atoms with Crippen LogP contribution < -0.4 is 10.6 Å². The highest BCUT2D eigenvalue weighted by Crippen LogP contribution is 2.14. The molecule has 0 radical (unpaired) electrons. The highest BCUT2D eigenvalue weighted by Gasteiger charge is 2.17. The largest absolute Gasteiger partial charge is 0.357 e. The lowest BCUT2D eigenvalue weighted by Crippen LogP contribution is -2.39. The molecule has 2 fully saturated rings. The minimum Gasteiger partial charge on any atom is -0.357 e. The summed E-state index contributed by atoms with van der Waals surface area (Å²) in [6, 6.07) is 8.83. The summed E-state index contributed by atoms with van der Waals surface area (Å²) in [5.74, 6) is 1.02. The lowest BCUT2D eigenvalue weighted by Gasteiger charge is -2.26. The third kappa shape index (κ3) is 7.35. The Hall–Kier alpha value is -2.08. The molecule has 2 aliphatic rings. The van der Waals surface area contributed by atoms with Gasteiger partial charge in [0.1, 0.15) is 0 Å². The smallest absolute Gasteiger partial charge is 0.224 e. The number of likely N-dealkylation sites (tertiary alicyclic amines) is 2. The molecule has 0 saturated carbocycles. The normalized spacial score (nSPS) is 18.1. The standard InChI is InChI=1S/C23H37N5O/c1-2-24-23(25-13-12-22(29)28-16-6-7-17-28)26-18-20-8-10-21(11-9-20)19-27-14-4-3-5-15-27/h8-11H,2-7,12-19H2,1H3,(H2,24,25,26). The van der Waals surface area contributed by atoms with Gasteiger partial charge in [-0.3, -0.25) is 9.69 Å². The van der Waals surface area contributed by atoms with Gasteiger partial charge in [0.05, 0.1) is 6.54 Å². The number of guanidine groups is 1. The van der Waals surface area contributed by atoms with Crippen LogP contribution in [0.2, 0.25) is 0 Å². The van der Waals surface area contributed by atoms with Crippen LogP contribution in [0.1, 0.15) is 56.6 Å². The van der Waals surface area contributed by atoms with E-state index in [1.807, 2.05) is 4.90 Å². The van der Waals surface area contributed by atoms with Crippen molar-refractivity contribution >= 4 is 11.9 Å². The summed E-state index contributed by atoms with van der Waals surface area (Å²) in [6.07, 6.45) is 6.84. The molecule has 1 aromatic carbocycles. The van der Waals surface area contributed by atoms with E-state index >= 15 is 0 Å². The van der Waals surface area contributed by atoms with Crippen molar-refractivity contribution < 1.29 is 4.79 Å². The summed E-state index contributed by atoms with van der Waals surface area (Å²) in [4.78, 5) is 21.4. The van der Waals surface area contributed by atoms with Gasteiger partial charge >= 0.3 is 0 Å². The number of nitrogens with zero attached hydrogens (tertiary/aromatic N) is 3. The quantitative estimate of drug-likeness (QED) is 0.521. The molecule has 0 aromatic heterocycles. The molecule has 6 nitrogen and oxygen atoms in total. The lowest BCUT2D eigenvalue weighted by molar-refractivity contribution is -0.129. The maximum Gasteiger partial charge on any atom is 0.224 e. The fourth-order valence-electron chi connectivity index (χ4n) is 4.05. The zero-order valence-corrected chi connectivity index (χ0v) is 18.0. The van der Waals surface area contributed by atoms with Crippen LogP contribution in [0, 0.1) is 0 Å². The van der Waals surface area contributed by atoms with Gasteiger partial charge in [0.25, 0.3) is 0 Å². The average Bonchev–Trinajstić information content (AvgIpc) is 3.29. The van der Waals surface area contributed by atoms with E-state index in [0.29, 0.717) is 19.5 Å². The lowest BCUT2D eigenvalue weighted by atomic mass is 10.1. The first-order valence-corrected chi connectivity index (χ1v) is 11.3. The fourth-order valence-corrected chi connectivity index (χ4v) is 4.05. The highest BCUT2D eigenvalue weighted by molar-refractivity contribution is 5.81. The molecule has 29 heavy (non-hydrogen) atoms. The second-order valence-corrected chi connectivity index (χ2v) is 8.11. The Bertz CT molecular complexity index is 646. The van der Waals surface area contributed by atoms with E-state index in [4.69, 9.17) is 0 Å². The molecule has 2 saturated heterocycles. The van der Waals surface area contributed by atoms with Crippen LogP contribution in [-0.4, -0.2) is 60.9 Å². The molecule has 6 heteroatoms. The minimum absolute atomic E-state index is 0.246. The first-order chi connectivity index (χ1) is 14.2. The Kier molecular flexibility index (Phi) is 8.81. The number of nitrogens with one attached hydrogen (secondary N) is 2. The van der Waals surface area contributed by atoms with Crippen LogP contribution in [0.5, 0.6) is 0 Å². The number of hydrogen-bond acceptors (Lipinski definition) is 3. The number of amides is 1. The molecule has 0 unspecified atom stereocenters. The van der Waals surface area contributed by atoms with Crippen molar-refractivity contribution in [2.75, 3.05) is 39.3 Å². The fraction of sp³-hybridized carbons (Fsp3) is 0.652. The second-order valence-electron chi connectivity index (χ2n) is 8.11. The van der Waals surface area contributed by atoms with E-state index in [-0.39, 0.29) is 5.91 Å². The van der Waals surface area contributed by atoms with Crippen molar-refractivity contribution in [3.63, 3.8) is 0 Å². The van der Waals surface area contributed by atoms with Crippen LogP contribution in [0.3, 0.4) is 0 Å². The maximum absolute atomic E-state index is 12.2. The molecule has 2 aliphatic heterocycles. The van der Waals surface area contributed by atoms with E-state index in [9.17, 15) is 4.79 Å². The summed E-state index contributed by atoms with van der Waals surface area (Å²) in [6.45, 7) is 9.46. The van der Waals surface area contributed by atoms with Gasteiger partial charge < -0.3 is 15.5 Å². The monoisotopic (exact) mass is 399 g/mol. The molecule has 0 bridgehead atoms. The molecule has 0 spiro atoms. The van der Waals surface area contributed by atoms with Crippen molar-refractivity contribution in [1.82, 2.24) is 20.4 Å². The maximum atomic E-state index is 12.2.